The van der Waals surface area contributed by atoms with Gasteiger partial charge in [0.1, 0.15) is 0 Å². The van der Waals surface area contributed by atoms with Gasteiger partial charge in [-0.1, -0.05) is 6.07 Å². The second-order valence-electron chi connectivity index (χ2n) is 4.24. The summed E-state index contributed by atoms with van der Waals surface area (Å²) >= 11 is 0. The van der Waals surface area contributed by atoms with Crippen LogP contribution >= 0.6 is 0 Å². The molecule has 1 N–H and O–H groups in total. The molecular formula is C12H12F3NO2. The molecule has 1 atom stereocenters. The summed E-state index contributed by atoms with van der Waals surface area (Å²) in [6.45, 7) is 0.700. The fourth-order valence-electron chi connectivity index (χ4n) is 2.16. The van der Waals surface area contributed by atoms with E-state index >= 15 is 0 Å². The number of aldehydes is 1. The highest BCUT2D eigenvalue weighted by Gasteiger charge is 2.35. The third kappa shape index (κ3) is 2.33. The molecule has 0 amide bonds. The molecule has 0 saturated carbocycles. The predicted molar refractivity (Wildman–Crippen MR) is 59.7 cm³/mol. The van der Waals surface area contributed by atoms with Gasteiger partial charge in [0.25, 0.3) is 0 Å². The lowest BCUT2D eigenvalue weighted by Gasteiger charge is -2.22. The molecule has 1 fully saturated rings. The summed E-state index contributed by atoms with van der Waals surface area (Å²) in [5, 5.41) is 9.40. The third-order valence-corrected chi connectivity index (χ3v) is 3.01. The number of hydrogen-bond donors (Lipinski definition) is 1. The number of hydrogen-bond acceptors (Lipinski definition) is 3. The van der Waals surface area contributed by atoms with Crippen LogP contribution in [0.3, 0.4) is 0 Å². The Bertz CT molecular complexity index is 459. The molecular weight excluding hydrogens is 247 g/mol. The van der Waals surface area contributed by atoms with E-state index in [2.05, 4.69) is 0 Å². The summed E-state index contributed by atoms with van der Waals surface area (Å²) < 4.78 is 38.3. The van der Waals surface area contributed by atoms with Crippen molar-refractivity contribution in [3.05, 3.63) is 29.3 Å². The van der Waals surface area contributed by atoms with Crippen molar-refractivity contribution in [1.82, 2.24) is 0 Å². The maximum absolute atomic E-state index is 12.8. The summed E-state index contributed by atoms with van der Waals surface area (Å²) in [5.74, 6) is 0. The molecule has 0 radical (unpaired) electrons. The van der Waals surface area contributed by atoms with E-state index in [4.69, 9.17) is 0 Å². The highest BCUT2D eigenvalue weighted by molar-refractivity contribution is 5.87. The van der Waals surface area contributed by atoms with Gasteiger partial charge in [0, 0.05) is 24.3 Å². The molecule has 6 heteroatoms. The van der Waals surface area contributed by atoms with E-state index in [-0.39, 0.29) is 24.1 Å². The van der Waals surface area contributed by atoms with Crippen molar-refractivity contribution in [2.45, 2.75) is 18.7 Å². The molecule has 0 aromatic heterocycles. The SMILES string of the molecule is O=Cc1c(N2CCC(O)C2)cccc1C(F)(F)F. The lowest BCUT2D eigenvalue weighted by molar-refractivity contribution is -0.137. The van der Waals surface area contributed by atoms with Crippen molar-refractivity contribution < 1.29 is 23.1 Å². The van der Waals surface area contributed by atoms with Gasteiger partial charge in [-0.15, -0.1) is 0 Å². The zero-order valence-electron chi connectivity index (χ0n) is 9.44. The molecule has 98 valence electrons. The van der Waals surface area contributed by atoms with E-state index in [1.807, 2.05) is 0 Å². The first kappa shape index (κ1) is 12.9. The first-order valence-electron chi connectivity index (χ1n) is 5.52. The number of anilines is 1. The molecule has 1 aromatic rings. The molecule has 3 nitrogen and oxygen atoms in total. The molecule has 1 aliphatic heterocycles. The number of nitrogens with zero attached hydrogens (tertiary/aromatic N) is 1. The van der Waals surface area contributed by atoms with Crippen molar-refractivity contribution in [3.8, 4) is 0 Å². The molecule has 0 spiro atoms. The van der Waals surface area contributed by atoms with Crippen LogP contribution in [0.4, 0.5) is 18.9 Å². The van der Waals surface area contributed by atoms with Gasteiger partial charge in [-0.3, -0.25) is 4.79 Å². The van der Waals surface area contributed by atoms with E-state index < -0.39 is 17.8 Å². The minimum atomic E-state index is -4.55. The lowest BCUT2D eigenvalue weighted by Crippen LogP contribution is -2.23. The molecule has 1 unspecified atom stereocenters. The number of aliphatic hydroxyl groups is 1. The number of carbonyl (C=O) groups excluding carboxylic acids is 1. The molecule has 1 saturated heterocycles. The minimum Gasteiger partial charge on any atom is -0.391 e. The molecule has 2 rings (SSSR count). The Balaban J connectivity index is 2.45. The van der Waals surface area contributed by atoms with E-state index in [0.29, 0.717) is 13.0 Å². The predicted octanol–water partition coefficient (Wildman–Crippen LogP) is 2.09. The van der Waals surface area contributed by atoms with E-state index in [0.717, 1.165) is 6.07 Å². The van der Waals surface area contributed by atoms with Crippen LogP contribution in [0, 0.1) is 0 Å². The van der Waals surface area contributed by atoms with Crippen LogP contribution in [0.1, 0.15) is 22.3 Å². The van der Waals surface area contributed by atoms with Crippen LogP contribution in [0.25, 0.3) is 0 Å². The van der Waals surface area contributed by atoms with E-state index in [1.165, 1.54) is 12.1 Å². The monoisotopic (exact) mass is 259 g/mol. The van der Waals surface area contributed by atoms with Crippen molar-refractivity contribution in [2.24, 2.45) is 0 Å². The van der Waals surface area contributed by atoms with Gasteiger partial charge in [0.05, 0.1) is 11.7 Å². The van der Waals surface area contributed by atoms with Crippen LogP contribution in [0.15, 0.2) is 18.2 Å². The number of alkyl halides is 3. The Hall–Kier alpha value is -1.56. The number of β-amino-alcohol motifs (C(OH)–C–C–N with tert-alkyl or cyclic N) is 1. The summed E-state index contributed by atoms with van der Waals surface area (Å²) in [6, 6.07) is 3.63. The number of aliphatic hydroxyl groups excluding tert-OH is 1. The van der Waals surface area contributed by atoms with Crippen LogP contribution in [0.5, 0.6) is 0 Å². The Kier molecular flexibility index (Phi) is 3.30. The van der Waals surface area contributed by atoms with Gasteiger partial charge in [-0.2, -0.15) is 13.2 Å². The van der Waals surface area contributed by atoms with Crippen molar-refractivity contribution in [3.63, 3.8) is 0 Å². The summed E-state index contributed by atoms with van der Waals surface area (Å²) in [4.78, 5) is 12.5. The highest BCUT2D eigenvalue weighted by Crippen LogP contribution is 2.36. The fourth-order valence-corrected chi connectivity index (χ4v) is 2.16. The first-order valence-corrected chi connectivity index (χ1v) is 5.52. The second-order valence-corrected chi connectivity index (χ2v) is 4.24. The maximum atomic E-state index is 12.8. The molecule has 1 aliphatic rings. The van der Waals surface area contributed by atoms with Crippen molar-refractivity contribution >= 4 is 12.0 Å². The standard InChI is InChI=1S/C12H12F3NO2/c13-12(14,15)10-2-1-3-11(9(10)7-17)16-5-4-8(18)6-16/h1-3,7-8,18H,4-6H2. The maximum Gasteiger partial charge on any atom is 0.417 e. The van der Waals surface area contributed by atoms with Crippen LogP contribution in [-0.2, 0) is 6.18 Å². The van der Waals surface area contributed by atoms with Gasteiger partial charge in [-0.05, 0) is 18.6 Å². The molecule has 1 aromatic carbocycles. The molecule has 18 heavy (non-hydrogen) atoms. The number of halogens is 3. The van der Waals surface area contributed by atoms with Crippen LogP contribution in [0.2, 0.25) is 0 Å². The second kappa shape index (κ2) is 4.61. The molecule has 0 aliphatic carbocycles. The topological polar surface area (TPSA) is 40.5 Å². The van der Waals surface area contributed by atoms with Crippen molar-refractivity contribution in [2.75, 3.05) is 18.0 Å². The minimum absolute atomic E-state index is 0.225. The summed E-state index contributed by atoms with van der Waals surface area (Å²) in [6.07, 6.45) is -4.39. The largest absolute Gasteiger partial charge is 0.417 e. The van der Waals surface area contributed by atoms with Gasteiger partial charge >= 0.3 is 6.18 Å². The smallest absolute Gasteiger partial charge is 0.391 e. The normalized spacial score (nSPS) is 20.2. The lowest BCUT2D eigenvalue weighted by atomic mass is 10.1. The summed E-state index contributed by atoms with van der Waals surface area (Å²) in [5.41, 5.74) is -1.06. The van der Waals surface area contributed by atoms with Gasteiger partial charge in [0.15, 0.2) is 6.29 Å². The average molecular weight is 259 g/mol. The number of rotatable bonds is 2. The van der Waals surface area contributed by atoms with Gasteiger partial charge < -0.3 is 10.0 Å². The highest BCUT2D eigenvalue weighted by atomic mass is 19.4. The Morgan fingerprint density at radius 1 is 1.39 bits per heavy atom. The van der Waals surface area contributed by atoms with E-state index in [9.17, 15) is 23.1 Å². The van der Waals surface area contributed by atoms with E-state index in [1.54, 1.807) is 4.90 Å². The Labute approximate surface area is 102 Å². The number of carbonyl (C=O) groups is 1. The van der Waals surface area contributed by atoms with Crippen LogP contribution < -0.4 is 4.90 Å². The summed E-state index contributed by atoms with van der Waals surface area (Å²) in [7, 11) is 0. The van der Waals surface area contributed by atoms with Gasteiger partial charge in [-0.25, -0.2) is 0 Å². The molecule has 0 bridgehead atoms. The zero-order valence-corrected chi connectivity index (χ0v) is 9.44. The Morgan fingerprint density at radius 2 is 2.11 bits per heavy atom. The first-order chi connectivity index (χ1) is 8.43. The van der Waals surface area contributed by atoms with Gasteiger partial charge in [0.2, 0.25) is 0 Å². The zero-order chi connectivity index (χ0) is 13.3. The fraction of sp³-hybridized carbons (Fsp3) is 0.417. The number of benzene rings is 1. The Morgan fingerprint density at radius 3 is 2.61 bits per heavy atom. The molecule has 1 heterocycles. The quantitative estimate of drug-likeness (QED) is 0.827. The van der Waals surface area contributed by atoms with Crippen LogP contribution in [-0.4, -0.2) is 30.6 Å². The van der Waals surface area contributed by atoms with Crippen molar-refractivity contribution in [1.29, 1.82) is 0 Å². The third-order valence-electron chi connectivity index (χ3n) is 3.01. The average Bonchev–Trinajstić information content (AvgIpc) is 2.73.